The summed E-state index contributed by atoms with van der Waals surface area (Å²) in [5.74, 6) is -0.143. The molecule has 0 bridgehead atoms. The highest BCUT2D eigenvalue weighted by molar-refractivity contribution is 7.13. The standard InChI is InChI=1S/C16H12N4OS/c1-20-9-17-13-7-10(2-4-14(13)20)16(21)19-12-3-5-15-11(6-12)8-18-22-15/h2-9H,1H3,(H,19,21). The van der Waals surface area contributed by atoms with Gasteiger partial charge in [-0.25, -0.2) is 4.98 Å². The Bertz CT molecular complexity index is 1000. The van der Waals surface area contributed by atoms with E-state index in [0.29, 0.717) is 5.56 Å². The van der Waals surface area contributed by atoms with Gasteiger partial charge in [0.05, 0.1) is 22.1 Å². The summed E-state index contributed by atoms with van der Waals surface area (Å²) in [6, 6.07) is 11.3. The third kappa shape index (κ3) is 2.14. The zero-order valence-electron chi connectivity index (χ0n) is 11.8. The van der Waals surface area contributed by atoms with E-state index in [4.69, 9.17) is 0 Å². The van der Waals surface area contributed by atoms with Crippen LogP contribution in [0.5, 0.6) is 0 Å². The van der Waals surface area contributed by atoms with Crippen molar-refractivity contribution in [3.05, 3.63) is 54.5 Å². The summed E-state index contributed by atoms with van der Waals surface area (Å²) >= 11 is 1.44. The molecule has 0 saturated heterocycles. The van der Waals surface area contributed by atoms with Crippen LogP contribution in [-0.4, -0.2) is 19.8 Å². The monoisotopic (exact) mass is 308 g/mol. The zero-order chi connectivity index (χ0) is 15.1. The van der Waals surface area contributed by atoms with Crippen molar-refractivity contribution in [1.29, 1.82) is 0 Å². The number of fused-ring (bicyclic) bond motifs is 2. The molecule has 22 heavy (non-hydrogen) atoms. The number of benzene rings is 2. The Labute approximate surface area is 130 Å². The van der Waals surface area contributed by atoms with E-state index >= 15 is 0 Å². The zero-order valence-corrected chi connectivity index (χ0v) is 12.6. The van der Waals surface area contributed by atoms with Crippen LogP contribution in [0.2, 0.25) is 0 Å². The average Bonchev–Trinajstić information content (AvgIpc) is 3.13. The first-order valence-electron chi connectivity index (χ1n) is 6.77. The van der Waals surface area contributed by atoms with Gasteiger partial charge in [-0.3, -0.25) is 4.79 Å². The third-order valence-corrected chi connectivity index (χ3v) is 4.38. The van der Waals surface area contributed by atoms with Gasteiger partial charge < -0.3 is 9.88 Å². The Kier molecular flexibility index (Phi) is 2.90. The van der Waals surface area contributed by atoms with Crippen LogP contribution in [0.25, 0.3) is 21.1 Å². The second-order valence-electron chi connectivity index (χ2n) is 5.09. The summed E-state index contributed by atoms with van der Waals surface area (Å²) in [7, 11) is 1.93. The molecule has 2 heterocycles. The van der Waals surface area contributed by atoms with E-state index in [9.17, 15) is 4.79 Å². The Morgan fingerprint density at radius 1 is 1.23 bits per heavy atom. The van der Waals surface area contributed by atoms with Crippen LogP contribution >= 0.6 is 11.5 Å². The molecule has 1 N–H and O–H groups in total. The fourth-order valence-corrected chi connectivity index (χ4v) is 3.06. The summed E-state index contributed by atoms with van der Waals surface area (Å²) in [5.41, 5.74) is 3.17. The van der Waals surface area contributed by atoms with Crippen molar-refractivity contribution in [2.45, 2.75) is 0 Å². The van der Waals surface area contributed by atoms with Crippen LogP contribution in [0.4, 0.5) is 5.69 Å². The fraction of sp³-hybridized carbons (Fsp3) is 0.0625. The van der Waals surface area contributed by atoms with Crippen molar-refractivity contribution >= 4 is 44.2 Å². The van der Waals surface area contributed by atoms with E-state index in [2.05, 4.69) is 14.7 Å². The molecule has 0 aliphatic carbocycles. The molecule has 0 radical (unpaired) electrons. The third-order valence-electron chi connectivity index (χ3n) is 3.60. The molecule has 0 saturated carbocycles. The molecule has 4 rings (SSSR count). The molecule has 0 unspecified atom stereocenters. The lowest BCUT2D eigenvalue weighted by Crippen LogP contribution is -2.11. The first kappa shape index (κ1) is 13.0. The Hall–Kier alpha value is -2.73. The number of nitrogens with one attached hydrogen (secondary N) is 1. The molecule has 4 aromatic rings. The maximum absolute atomic E-state index is 12.4. The van der Waals surface area contributed by atoms with Crippen molar-refractivity contribution in [2.24, 2.45) is 7.05 Å². The number of carbonyl (C=O) groups is 1. The highest BCUT2D eigenvalue weighted by Crippen LogP contribution is 2.22. The largest absolute Gasteiger partial charge is 0.334 e. The van der Waals surface area contributed by atoms with Crippen LogP contribution in [0.3, 0.4) is 0 Å². The van der Waals surface area contributed by atoms with Gasteiger partial charge in [0.2, 0.25) is 0 Å². The number of hydrogen-bond donors (Lipinski definition) is 1. The summed E-state index contributed by atoms with van der Waals surface area (Å²) in [6.07, 6.45) is 3.54. The molecule has 0 aliphatic rings. The van der Waals surface area contributed by atoms with Crippen molar-refractivity contribution in [1.82, 2.24) is 13.9 Å². The van der Waals surface area contributed by atoms with E-state index in [1.54, 1.807) is 18.6 Å². The Morgan fingerprint density at radius 3 is 3.05 bits per heavy atom. The number of carbonyl (C=O) groups excluding carboxylic acids is 1. The van der Waals surface area contributed by atoms with Crippen LogP contribution in [0.1, 0.15) is 10.4 Å². The number of imidazole rings is 1. The molecule has 0 aliphatic heterocycles. The molecule has 5 nitrogen and oxygen atoms in total. The number of amides is 1. The summed E-state index contributed by atoms with van der Waals surface area (Å²) in [5, 5.41) is 3.95. The van der Waals surface area contributed by atoms with E-state index < -0.39 is 0 Å². The van der Waals surface area contributed by atoms with Gasteiger partial charge >= 0.3 is 0 Å². The van der Waals surface area contributed by atoms with Gasteiger partial charge in [0.25, 0.3) is 5.91 Å². The first-order chi connectivity index (χ1) is 10.7. The normalized spacial score (nSPS) is 11.1. The number of aryl methyl sites for hydroxylation is 1. The summed E-state index contributed by atoms with van der Waals surface area (Å²) in [4.78, 5) is 16.7. The quantitative estimate of drug-likeness (QED) is 0.617. The molecule has 2 aromatic heterocycles. The minimum Gasteiger partial charge on any atom is -0.334 e. The van der Waals surface area contributed by atoms with Gasteiger partial charge in [0, 0.05) is 29.9 Å². The van der Waals surface area contributed by atoms with E-state index in [0.717, 1.165) is 26.8 Å². The number of rotatable bonds is 2. The lowest BCUT2D eigenvalue weighted by molar-refractivity contribution is 0.102. The molecular weight excluding hydrogens is 296 g/mol. The Balaban J connectivity index is 1.64. The topological polar surface area (TPSA) is 59.8 Å². The number of nitrogens with zero attached hydrogens (tertiary/aromatic N) is 3. The predicted octanol–water partition coefficient (Wildman–Crippen LogP) is 3.44. The SMILES string of the molecule is Cn1cnc2cc(C(=O)Nc3ccc4sncc4c3)ccc21. The number of anilines is 1. The molecule has 0 spiro atoms. The lowest BCUT2D eigenvalue weighted by Gasteiger charge is -2.05. The number of aromatic nitrogens is 3. The summed E-state index contributed by atoms with van der Waals surface area (Å²) < 4.78 is 7.16. The summed E-state index contributed by atoms with van der Waals surface area (Å²) in [6.45, 7) is 0. The maximum Gasteiger partial charge on any atom is 0.255 e. The molecule has 2 aromatic carbocycles. The van der Waals surface area contributed by atoms with Gasteiger partial charge in [-0.15, -0.1) is 0 Å². The van der Waals surface area contributed by atoms with Gasteiger partial charge in [-0.05, 0) is 47.9 Å². The fourth-order valence-electron chi connectivity index (χ4n) is 2.43. The van der Waals surface area contributed by atoms with Crippen molar-refractivity contribution in [3.8, 4) is 0 Å². The smallest absolute Gasteiger partial charge is 0.255 e. The van der Waals surface area contributed by atoms with Gasteiger partial charge in [-0.1, -0.05) is 0 Å². The van der Waals surface area contributed by atoms with Gasteiger partial charge in [0.1, 0.15) is 0 Å². The van der Waals surface area contributed by atoms with Crippen LogP contribution < -0.4 is 5.32 Å². The molecular formula is C16H12N4OS. The average molecular weight is 308 g/mol. The minimum absolute atomic E-state index is 0.143. The number of hydrogen-bond acceptors (Lipinski definition) is 4. The highest BCUT2D eigenvalue weighted by atomic mass is 32.1. The van der Waals surface area contributed by atoms with E-state index in [-0.39, 0.29) is 5.91 Å². The highest BCUT2D eigenvalue weighted by Gasteiger charge is 2.09. The molecule has 0 atom stereocenters. The maximum atomic E-state index is 12.4. The molecule has 1 amide bonds. The van der Waals surface area contributed by atoms with Gasteiger partial charge in [0.15, 0.2) is 0 Å². The van der Waals surface area contributed by atoms with Crippen molar-refractivity contribution in [3.63, 3.8) is 0 Å². The minimum atomic E-state index is -0.143. The van der Waals surface area contributed by atoms with Crippen LogP contribution in [0.15, 0.2) is 48.9 Å². The van der Waals surface area contributed by atoms with Crippen molar-refractivity contribution in [2.75, 3.05) is 5.32 Å². The Morgan fingerprint density at radius 2 is 2.14 bits per heavy atom. The molecule has 0 fully saturated rings. The second-order valence-corrected chi connectivity index (χ2v) is 5.92. The van der Waals surface area contributed by atoms with Crippen LogP contribution in [0, 0.1) is 0 Å². The second kappa shape index (κ2) is 4.92. The lowest BCUT2D eigenvalue weighted by atomic mass is 10.1. The molecule has 108 valence electrons. The van der Waals surface area contributed by atoms with Crippen LogP contribution in [-0.2, 0) is 7.05 Å². The van der Waals surface area contributed by atoms with E-state index in [1.807, 2.05) is 41.9 Å². The predicted molar refractivity (Wildman–Crippen MR) is 88.3 cm³/mol. The van der Waals surface area contributed by atoms with Crippen molar-refractivity contribution < 1.29 is 4.79 Å². The van der Waals surface area contributed by atoms with E-state index in [1.165, 1.54) is 11.5 Å². The first-order valence-corrected chi connectivity index (χ1v) is 7.55. The molecule has 6 heteroatoms. The van der Waals surface area contributed by atoms with Gasteiger partial charge in [-0.2, -0.15) is 4.37 Å².